The Morgan fingerprint density at radius 1 is 1.06 bits per heavy atom. The fourth-order valence-electron chi connectivity index (χ4n) is 4.43. The maximum atomic E-state index is 12.8. The number of hydrogen-bond donors (Lipinski definition) is 2. The van der Waals surface area contributed by atoms with Crippen LogP contribution < -0.4 is 14.9 Å². The number of sulfonamides is 1. The lowest BCUT2D eigenvalue weighted by Gasteiger charge is -2.37. The van der Waals surface area contributed by atoms with Gasteiger partial charge in [-0.3, -0.25) is 4.79 Å². The zero-order valence-electron chi connectivity index (χ0n) is 20.1. The summed E-state index contributed by atoms with van der Waals surface area (Å²) < 4.78 is 33.1. The van der Waals surface area contributed by atoms with E-state index >= 15 is 0 Å². The fraction of sp³-hybridized carbons (Fsp3) is 0.708. The summed E-state index contributed by atoms with van der Waals surface area (Å²) in [6, 6.07) is 7.89. The summed E-state index contributed by atoms with van der Waals surface area (Å²) in [6.07, 6.45) is 3.70. The third kappa shape index (κ3) is 6.02. The van der Waals surface area contributed by atoms with E-state index in [1.807, 2.05) is 31.2 Å². The van der Waals surface area contributed by atoms with Crippen LogP contribution in [0.3, 0.4) is 0 Å². The second-order valence-corrected chi connectivity index (χ2v) is 12.3. The van der Waals surface area contributed by atoms with Gasteiger partial charge < -0.3 is 15.0 Å². The smallest absolute Gasteiger partial charge is 0.227 e. The topological polar surface area (TPSA) is 87.7 Å². The zero-order valence-corrected chi connectivity index (χ0v) is 20.9. The van der Waals surface area contributed by atoms with Crippen molar-refractivity contribution < 1.29 is 17.9 Å². The van der Waals surface area contributed by atoms with Crippen LogP contribution >= 0.6 is 0 Å². The quantitative estimate of drug-likeness (QED) is 0.638. The van der Waals surface area contributed by atoms with Crippen LogP contribution in [0.4, 0.5) is 11.4 Å². The maximum absolute atomic E-state index is 12.8. The van der Waals surface area contributed by atoms with Gasteiger partial charge in [-0.15, -0.1) is 0 Å². The van der Waals surface area contributed by atoms with Crippen LogP contribution in [0.1, 0.15) is 66.7 Å². The van der Waals surface area contributed by atoms with Gasteiger partial charge in [-0.1, -0.05) is 6.92 Å². The molecule has 1 aliphatic heterocycles. The molecule has 0 bridgehead atoms. The van der Waals surface area contributed by atoms with Gasteiger partial charge in [0.05, 0.1) is 17.0 Å². The number of hydrogen-bond acceptors (Lipinski definition) is 5. The van der Waals surface area contributed by atoms with E-state index in [1.54, 1.807) is 13.8 Å². The normalized spacial score (nSPS) is 27.2. The van der Waals surface area contributed by atoms with Crippen molar-refractivity contribution in [1.29, 1.82) is 0 Å². The van der Waals surface area contributed by atoms with Crippen LogP contribution in [0.25, 0.3) is 0 Å². The number of anilines is 2. The highest BCUT2D eigenvalue weighted by atomic mass is 32.2. The van der Waals surface area contributed by atoms with Crippen molar-refractivity contribution >= 4 is 27.3 Å². The first-order valence-electron chi connectivity index (χ1n) is 11.8. The molecule has 180 valence electrons. The second kappa shape index (κ2) is 10.1. The van der Waals surface area contributed by atoms with Crippen molar-refractivity contribution in [2.24, 2.45) is 5.92 Å². The molecule has 0 spiro atoms. The molecule has 1 saturated heterocycles. The summed E-state index contributed by atoms with van der Waals surface area (Å²) in [7, 11) is -3.38. The minimum Gasteiger partial charge on any atom is -0.372 e. The minimum atomic E-state index is -3.38. The van der Waals surface area contributed by atoms with Crippen LogP contribution in [0.15, 0.2) is 24.3 Å². The summed E-state index contributed by atoms with van der Waals surface area (Å²) in [5.41, 5.74) is 1.92. The Balaban J connectivity index is 1.50. The number of rotatable bonds is 7. The fourth-order valence-corrected chi connectivity index (χ4v) is 5.80. The van der Waals surface area contributed by atoms with Gasteiger partial charge in [0.25, 0.3) is 0 Å². The molecule has 1 aliphatic carbocycles. The molecular formula is C24H39N3O4S. The predicted octanol–water partition coefficient (Wildman–Crippen LogP) is 3.91. The number of ether oxygens (including phenoxy) is 1. The van der Waals surface area contributed by atoms with Crippen LogP contribution in [0.2, 0.25) is 0 Å². The van der Waals surface area contributed by atoms with E-state index in [-0.39, 0.29) is 30.1 Å². The minimum absolute atomic E-state index is 0.0153. The molecule has 2 atom stereocenters. The van der Waals surface area contributed by atoms with E-state index < -0.39 is 14.8 Å². The Kier molecular flexibility index (Phi) is 7.89. The molecule has 2 fully saturated rings. The molecule has 1 saturated carbocycles. The molecule has 1 unspecified atom stereocenters. The van der Waals surface area contributed by atoms with Crippen LogP contribution in [-0.2, 0) is 19.6 Å². The molecule has 8 heteroatoms. The van der Waals surface area contributed by atoms with Gasteiger partial charge in [0.2, 0.25) is 15.9 Å². The van der Waals surface area contributed by atoms with E-state index in [1.165, 1.54) is 0 Å². The highest BCUT2D eigenvalue weighted by molar-refractivity contribution is 7.90. The van der Waals surface area contributed by atoms with E-state index in [2.05, 4.69) is 28.8 Å². The number of morpholine rings is 1. The first-order chi connectivity index (χ1) is 15.0. The van der Waals surface area contributed by atoms with Crippen LogP contribution in [0, 0.1) is 5.92 Å². The Hall–Kier alpha value is -1.64. The number of benzene rings is 1. The average molecular weight is 466 g/mol. The monoisotopic (exact) mass is 465 g/mol. The van der Waals surface area contributed by atoms with Crippen molar-refractivity contribution in [3.63, 3.8) is 0 Å². The molecule has 1 heterocycles. The largest absolute Gasteiger partial charge is 0.372 e. The molecule has 1 amide bonds. The average Bonchev–Trinajstić information content (AvgIpc) is 2.73. The van der Waals surface area contributed by atoms with Gasteiger partial charge in [-0.25, -0.2) is 13.1 Å². The summed E-state index contributed by atoms with van der Waals surface area (Å²) in [6.45, 7) is 11.3. The Morgan fingerprint density at radius 2 is 1.62 bits per heavy atom. The first-order valence-corrected chi connectivity index (χ1v) is 13.3. The summed E-state index contributed by atoms with van der Waals surface area (Å²) in [4.78, 5) is 15.1. The first kappa shape index (κ1) is 25.0. The van der Waals surface area contributed by atoms with Gasteiger partial charge in [0, 0.05) is 36.4 Å². The van der Waals surface area contributed by atoms with E-state index in [0.29, 0.717) is 32.1 Å². The molecule has 0 radical (unpaired) electrons. The van der Waals surface area contributed by atoms with Gasteiger partial charge in [-0.05, 0) is 84.1 Å². The lowest BCUT2D eigenvalue weighted by molar-refractivity contribution is -0.120. The van der Waals surface area contributed by atoms with Crippen molar-refractivity contribution in [1.82, 2.24) is 4.72 Å². The van der Waals surface area contributed by atoms with Crippen molar-refractivity contribution in [3.8, 4) is 0 Å². The predicted molar refractivity (Wildman–Crippen MR) is 129 cm³/mol. The Morgan fingerprint density at radius 3 is 2.16 bits per heavy atom. The number of carbonyl (C=O) groups is 1. The number of nitrogens with zero attached hydrogens (tertiary/aromatic N) is 1. The van der Waals surface area contributed by atoms with Crippen molar-refractivity contribution in [2.75, 3.05) is 23.3 Å². The SMILES string of the molecule is CCC(C)(C)S(=O)(=O)NC1CCC(C(=O)Nc2ccc(N3CC(C)O[C@@H](C)C3)cc2)CC1. The standard InChI is InChI=1S/C24H39N3O4S/c1-6-24(4,5)32(29,30)26-21-9-7-19(8-10-21)23(28)25-20-11-13-22(14-12-20)27-15-17(2)31-18(3)16-27/h11-14,17-19,21,26H,6-10,15-16H2,1-5H3,(H,25,28)/t17-,18?,19?,21?/m0/s1. The molecule has 2 aliphatic rings. The van der Waals surface area contributed by atoms with Crippen molar-refractivity contribution in [2.45, 2.75) is 89.7 Å². The molecule has 3 rings (SSSR count). The second-order valence-electron chi connectivity index (χ2n) is 9.98. The molecule has 32 heavy (non-hydrogen) atoms. The van der Waals surface area contributed by atoms with Crippen molar-refractivity contribution in [3.05, 3.63) is 24.3 Å². The maximum Gasteiger partial charge on any atom is 0.227 e. The lowest BCUT2D eigenvalue weighted by Crippen LogP contribution is -2.47. The lowest BCUT2D eigenvalue weighted by atomic mass is 9.86. The Labute approximate surface area is 193 Å². The van der Waals surface area contributed by atoms with Crippen LogP contribution in [0.5, 0.6) is 0 Å². The number of amides is 1. The highest BCUT2D eigenvalue weighted by Crippen LogP contribution is 2.29. The number of nitrogens with one attached hydrogen (secondary N) is 2. The Bertz CT molecular complexity index is 867. The van der Waals surface area contributed by atoms with Crippen LogP contribution in [-0.4, -0.2) is 50.4 Å². The third-order valence-electron chi connectivity index (χ3n) is 6.92. The van der Waals surface area contributed by atoms with E-state index in [4.69, 9.17) is 4.74 Å². The third-order valence-corrected chi connectivity index (χ3v) is 9.31. The summed E-state index contributed by atoms with van der Waals surface area (Å²) in [5, 5.41) is 3.04. The van der Waals surface area contributed by atoms with Gasteiger partial charge in [0.15, 0.2) is 0 Å². The molecule has 0 aromatic heterocycles. The van der Waals surface area contributed by atoms with E-state index in [0.717, 1.165) is 24.5 Å². The van der Waals surface area contributed by atoms with Gasteiger partial charge in [0.1, 0.15) is 0 Å². The molecule has 7 nitrogen and oxygen atoms in total. The molecule has 2 N–H and O–H groups in total. The molecule has 1 aromatic rings. The van der Waals surface area contributed by atoms with Gasteiger partial charge in [-0.2, -0.15) is 0 Å². The van der Waals surface area contributed by atoms with E-state index in [9.17, 15) is 13.2 Å². The highest BCUT2D eigenvalue weighted by Gasteiger charge is 2.36. The number of carbonyl (C=O) groups excluding carboxylic acids is 1. The molecule has 1 aromatic carbocycles. The molecular weight excluding hydrogens is 426 g/mol. The van der Waals surface area contributed by atoms with Gasteiger partial charge >= 0.3 is 0 Å². The summed E-state index contributed by atoms with van der Waals surface area (Å²) in [5.74, 6) is -0.0721. The summed E-state index contributed by atoms with van der Waals surface area (Å²) >= 11 is 0. The zero-order chi connectivity index (χ0) is 23.5.